The van der Waals surface area contributed by atoms with E-state index in [0.717, 1.165) is 0 Å². The number of carbonyl (C=O) groups is 3. The van der Waals surface area contributed by atoms with Gasteiger partial charge in [-0.3, -0.25) is 9.59 Å². The Morgan fingerprint density at radius 1 is 1.33 bits per heavy atom. The number of amides is 3. The molecule has 0 saturated carbocycles. The average molecular weight is 217 g/mol. The molecule has 0 aromatic rings. The van der Waals surface area contributed by atoms with Crippen LogP contribution in [0.4, 0.5) is 4.79 Å². The predicted molar refractivity (Wildman–Crippen MR) is 52.0 cm³/mol. The van der Waals surface area contributed by atoms with Crippen LogP contribution < -0.4 is 16.4 Å². The zero-order valence-corrected chi connectivity index (χ0v) is 8.61. The molecule has 5 N–H and O–H groups in total. The van der Waals surface area contributed by atoms with Gasteiger partial charge in [-0.15, -0.1) is 0 Å². The third kappa shape index (κ3) is 5.50. The van der Waals surface area contributed by atoms with Crippen LogP contribution in [0.3, 0.4) is 0 Å². The molecule has 0 radical (unpaired) electrons. The van der Waals surface area contributed by atoms with Crippen molar-refractivity contribution in [3.63, 3.8) is 0 Å². The normalized spacial score (nSPS) is 13.7. The number of urea groups is 1. The maximum absolute atomic E-state index is 11.2. The van der Waals surface area contributed by atoms with Gasteiger partial charge in [0.25, 0.3) is 0 Å². The number of carboxylic acids is 1. The molecule has 2 unspecified atom stereocenters. The number of hydrogen-bond donors (Lipinski definition) is 4. The third-order valence-corrected chi connectivity index (χ3v) is 1.76. The van der Waals surface area contributed by atoms with E-state index < -0.39 is 29.9 Å². The van der Waals surface area contributed by atoms with E-state index >= 15 is 0 Å². The summed E-state index contributed by atoms with van der Waals surface area (Å²) >= 11 is 0. The highest BCUT2D eigenvalue weighted by atomic mass is 16.4. The van der Waals surface area contributed by atoms with Crippen LogP contribution in [-0.4, -0.2) is 35.6 Å². The molecular weight excluding hydrogens is 202 g/mol. The Bertz CT molecular complexity index is 267. The van der Waals surface area contributed by atoms with Crippen LogP contribution >= 0.6 is 0 Å². The number of rotatable bonds is 5. The van der Waals surface area contributed by atoms with Crippen molar-refractivity contribution >= 4 is 17.9 Å². The van der Waals surface area contributed by atoms with E-state index in [2.05, 4.69) is 10.6 Å². The topological polar surface area (TPSA) is 122 Å². The van der Waals surface area contributed by atoms with E-state index in [-0.39, 0.29) is 6.54 Å². The number of carboxylic acid groups (broad SMARTS) is 1. The Morgan fingerprint density at radius 2 is 1.87 bits per heavy atom. The van der Waals surface area contributed by atoms with E-state index in [4.69, 9.17) is 10.8 Å². The molecule has 0 heterocycles. The molecule has 0 aliphatic heterocycles. The van der Waals surface area contributed by atoms with Gasteiger partial charge in [-0.25, -0.2) is 4.79 Å². The summed E-state index contributed by atoms with van der Waals surface area (Å²) in [6.07, 6.45) is 0. The summed E-state index contributed by atoms with van der Waals surface area (Å²) in [5.41, 5.74) is 4.81. The van der Waals surface area contributed by atoms with Crippen molar-refractivity contribution < 1.29 is 19.5 Å². The van der Waals surface area contributed by atoms with Crippen molar-refractivity contribution in [1.29, 1.82) is 0 Å². The molecule has 3 amide bonds. The number of nitrogens with one attached hydrogen (secondary N) is 2. The molecule has 7 nitrogen and oxygen atoms in total. The predicted octanol–water partition coefficient (Wildman–Crippen LogP) is -1.12. The molecule has 0 aromatic carbocycles. The van der Waals surface area contributed by atoms with Gasteiger partial charge < -0.3 is 21.5 Å². The van der Waals surface area contributed by atoms with Gasteiger partial charge in [0, 0.05) is 6.54 Å². The molecule has 0 spiro atoms. The second-order valence-corrected chi connectivity index (χ2v) is 3.21. The van der Waals surface area contributed by atoms with Crippen molar-refractivity contribution in [2.45, 2.75) is 19.9 Å². The zero-order chi connectivity index (χ0) is 12.0. The fourth-order valence-electron chi connectivity index (χ4n) is 0.773. The van der Waals surface area contributed by atoms with Crippen LogP contribution in [0.2, 0.25) is 0 Å². The Balaban J connectivity index is 3.93. The lowest BCUT2D eigenvalue weighted by molar-refractivity contribution is -0.141. The van der Waals surface area contributed by atoms with Crippen LogP contribution in [0.15, 0.2) is 0 Å². The molecule has 0 fully saturated rings. The fraction of sp³-hybridized carbons (Fsp3) is 0.625. The van der Waals surface area contributed by atoms with E-state index in [1.807, 2.05) is 0 Å². The second kappa shape index (κ2) is 5.84. The maximum Gasteiger partial charge on any atom is 0.312 e. The minimum absolute atomic E-state index is 0.0128. The van der Waals surface area contributed by atoms with Crippen molar-refractivity contribution in [3.05, 3.63) is 0 Å². The highest BCUT2D eigenvalue weighted by Crippen LogP contribution is 1.92. The molecule has 2 atom stereocenters. The van der Waals surface area contributed by atoms with Gasteiger partial charge in [-0.1, -0.05) is 6.92 Å². The summed E-state index contributed by atoms with van der Waals surface area (Å²) in [5.74, 6) is -2.14. The standard InChI is InChI=1S/C8H15N3O4/c1-4(7(13)14)3-10-6(12)5(2)11-8(9)15/h4-5H,3H2,1-2H3,(H,10,12)(H,13,14)(H3,9,11,15). The molecule has 0 aliphatic rings. The van der Waals surface area contributed by atoms with Gasteiger partial charge in [0.2, 0.25) is 5.91 Å². The average Bonchev–Trinajstić information content (AvgIpc) is 2.12. The first-order valence-electron chi connectivity index (χ1n) is 4.41. The van der Waals surface area contributed by atoms with E-state index in [0.29, 0.717) is 0 Å². The van der Waals surface area contributed by atoms with Crippen LogP contribution in [-0.2, 0) is 9.59 Å². The lowest BCUT2D eigenvalue weighted by Crippen LogP contribution is -2.47. The Hall–Kier alpha value is -1.79. The van der Waals surface area contributed by atoms with Gasteiger partial charge in [-0.05, 0) is 6.92 Å². The largest absolute Gasteiger partial charge is 0.481 e. The SMILES string of the molecule is CC(CNC(=O)C(C)NC(N)=O)C(=O)O. The summed E-state index contributed by atoms with van der Waals surface area (Å²) in [7, 11) is 0. The molecule has 0 aliphatic carbocycles. The molecule has 0 saturated heterocycles. The minimum Gasteiger partial charge on any atom is -0.481 e. The minimum atomic E-state index is -0.995. The molecular formula is C8H15N3O4. The second-order valence-electron chi connectivity index (χ2n) is 3.21. The zero-order valence-electron chi connectivity index (χ0n) is 8.61. The first kappa shape index (κ1) is 13.2. The van der Waals surface area contributed by atoms with E-state index in [1.165, 1.54) is 13.8 Å². The van der Waals surface area contributed by atoms with E-state index in [9.17, 15) is 14.4 Å². The molecule has 0 aromatic heterocycles. The van der Waals surface area contributed by atoms with Gasteiger partial charge in [0.1, 0.15) is 6.04 Å². The summed E-state index contributed by atoms with van der Waals surface area (Å²) in [6, 6.07) is -1.58. The van der Waals surface area contributed by atoms with E-state index in [1.54, 1.807) is 0 Å². The quantitative estimate of drug-likeness (QED) is 0.466. The summed E-state index contributed by atoms with van der Waals surface area (Å²) in [5, 5.41) is 13.1. The molecule has 86 valence electrons. The van der Waals surface area contributed by atoms with Gasteiger partial charge in [-0.2, -0.15) is 0 Å². The van der Waals surface area contributed by atoms with Crippen molar-refractivity contribution in [2.24, 2.45) is 11.7 Å². The molecule has 7 heteroatoms. The maximum atomic E-state index is 11.2. The third-order valence-electron chi connectivity index (χ3n) is 1.76. The van der Waals surface area contributed by atoms with Crippen molar-refractivity contribution in [3.8, 4) is 0 Å². The fourth-order valence-corrected chi connectivity index (χ4v) is 0.773. The molecule has 0 bridgehead atoms. The molecule has 15 heavy (non-hydrogen) atoms. The van der Waals surface area contributed by atoms with Crippen LogP contribution in [0, 0.1) is 5.92 Å². The summed E-state index contributed by atoms with van der Waals surface area (Å²) in [4.78, 5) is 32.0. The first-order chi connectivity index (χ1) is 6.84. The monoisotopic (exact) mass is 217 g/mol. The number of aliphatic carboxylic acids is 1. The van der Waals surface area contributed by atoms with Crippen molar-refractivity contribution in [1.82, 2.24) is 10.6 Å². The highest BCUT2D eigenvalue weighted by Gasteiger charge is 2.16. The smallest absolute Gasteiger partial charge is 0.312 e. The number of primary amides is 1. The van der Waals surface area contributed by atoms with Gasteiger partial charge >= 0.3 is 12.0 Å². The van der Waals surface area contributed by atoms with Gasteiger partial charge in [0.05, 0.1) is 5.92 Å². The Kier molecular flexibility index (Phi) is 5.14. The lowest BCUT2D eigenvalue weighted by atomic mass is 10.2. The highest BCUT2D eigenvalue weighted by molar-refractivity contribution is 5.86. The number of hydrogen-bond acceptors (Lipinski definition) is 3. The van der Waals surface area contributed by atoms with Crippen LogP contribution in [0.25, 0.3) is 0 Å². The Labute approximate surface area is 87.0 Å². The van der Waals surface area contributed by atoms with Crippen LogP contribution in [0.5, 0.6) is 0 Å². The van der Waals surface area contributed by atoms with Crippen LogP contribution in [0.1, 0.15) is 13.8 Å². The lowest BCUT2D eigenvalue weighted by Gasteiger charge is -2.13. The number of carbonyl (C=O) groups excluding carboxylic acids is 2. The van der Waals surface area contributed by atoms with Gasteiger partial charge in [0.15, 0.2) is 0 Å². The van der Waals surface area contributed by atoms with Crippen molar-refractivity contribution in [2.75, 3.05) is 6.54 Å². The summed E-state index contributed by atoms with van der Waals surface area (Å²) < 4.78 is 0. The first-order valence-corrected chi connectivity index (χ1v) is 4.41. The summed E-state index contributed by atoms with van der Waals surface area (Å²) in [6.45, 7) is 2.93. The molecule has 0 rings (SSSR count). The number of nitrogens with two attached hydrogens (primary N) is 1. The Morgan fingerprint density at radius 3 is 2.27 bits per heavy atom.